The molecule has 10 heteroatoms. The van der Waals surface area contributed by atoms with Gasteiger partial charge in [0, 0.05) is 6.61 Å². The van der Waals surface area contributed by atoms with Gasteiger partial charge in [0.2, 0.25) is 0 Å². The summed E-state index contributed by atoms with van der Waals surface area (Å²) in [6.07, 6.45) is 4.20. The topological polar surface area (TPSA) is 149 Å². The zero-order chi connectivity index (χ0) is 20.0. The number of aliphatic carboxylic acids is 1. The van der Waals surface area contributed by atoms with Crippen LogP contribution in [0.1, 0.15) is 58.8 Å². The molecule has 0 aromatic heterocycles. The second-order valence-corrected chi connectivity index (χ2v) is 7.55. The van der Waals surface area contributed by atoms with Crippen molar-refractivity contribution in [1.82, 2.24) is 0 Å². The zero-order valence-corrected chi connectivity index (χ0v) is 16.6. The Morgan fingerprint density at radius 2 is 1.73 bits per heavy atom. The Morgan fingerprint density at radius 3 is 2.27 bits per heavy atom. The molecule has 5 N–H and O–H groups in total. The molecular formula is C16H34NO8P. The number of rotatable bonds is 17. The van der Waals surface area contributed by atoms with Gasteiger partial charge in [-0.2, -0.15) is 0 Å². The maximum absolute atomic E-state index is 12.1. The van der Waals surface area contributed by atoms with Gasteiger partial charge in [-0.1, -0.05) is 46.0 Å². The summed E-state index contributed by atoms with van der Waals surface area (Å²) in [5.74, 6) is -1.35. The van der Waals surface area contributed by atoms with Crippen molar-refractivity contribution >= 4 is 13.8 Å². The largest absolute Gasteiger partial charge is 0.480 e. The van der Waals surface area contributed by atoms with E-state index in [1.165, 1.54) is 0 Å². The molecule has 0 spiro atoms. The number of aliphatic hydroxyl groups is 1. The molecular weight excluding hydrogens is 365 g/mol. The SMILES string of the molecule is CCCCCO[C@@H](CO)C(CCCCC)OP(=O)(O)OC[C@H](N)C(=O)O. The third-order valence-electron chi connectivity index (χ3n) is 3.77. The third-order valence-corrected chi connectivity index (χ3v) is 4.78. The predicted octanol–water partition coefficient (Wildman–Crippen LogP) is 2.05. The van der Waals surface area contributed by atoms with Crippen LogP contribution in [0.2, 0.25) is 0 Å². The fourth-order valence-electron chi connectivity index (χ4n) is 2.21. The number of carbonyl (C=O) groups is 1. The molecule has 2 unspecified atom stereocenters. The summed E-state index contributed by atoms with van der Waals surface area (Å²) in [4.78, 5) is 20.5. The number of unbranched alkanes of at least 4 members (excludes halogenated alkanes) is 4. The molecule has 0 saturated carbocycles. The van der Waals surface area contributed by atoms with Crippen molar-refractivity contribution in [2.75, 3.05) is 19.8 Å². The molecule has 26 heavy (non-hydrogen) atoms. The summed E-state index contributed by atoms with van der Waals surface area (Å²) in [6, 6.07) is -1.43. The van der Waals surface area contributed by atoms with Gasteiger partial charge in [-0.05, 0) is 12.8 Å². The highest BCUT2D eigenvalue weighted by molar-refractivity contribution is 7.47. The minimum absolute atomic E-state index is 0.364. The van der Waals surface area contributed by atoms with Gasteiger partial charge in [0.25, 0.3) is 0 Å². The van der Waals surface area contributed by atoms with Gasteiger partial charge in [0.1, 0.15) is 12.1 Å². The van der Waals surface area contributed by atoms with E-state index in [0.29, 0.717) is 13.0 Å². The highest BCUT2D eigenvalue weighted by Crippen LogP contribution is 2.46. The molecule has 0 amide bonds. The first-order valence-electron chi connectivity index (χ1n) is 9.13. The quantitative estimate of drug-likeness (QED) is 0.213. The van der Waals surface area contributed by atoms with Crippen LogP contribution in [0, 0.1) is 0 Å². The average molecular weight is 399 g/mol. The lowest BCUT2D eigenvalue weighted by atomic mass is 10.1. The van der Waals surface area contributed by atoms with E-state index in [2.05, 4.69) is 11.4 Å². The number of hydrogen-bond acceptors (Lipinski definition) is 7. The number of ether oxygens (including phenoxy) is 1. The van der Waals surface area contributed by atoms with E-state index in [-0.39, 0.29) is 6.61 Å². The maximum Gasteiger partial charge on any atom is 0.472 e. The van der Waals surface area contributed by atoms with Crippen LogP contribution >= 0.6 is 7.82 Å². The number of phosphoric acid groups is 1. The van der Waals surface area contributed by atoms with E-state index in [9.17, 15) is 19.4 Å². The molecule has 156 valence electrons. The highest BCUT2D eigenvalue weighted by atomic mass is 31.2. The van der Waals surface area contributed by atoms with Gasteiger partial charge in [0.05, 0.1) is 19.3 Å². The van der Waals surface area contributed by atoms with E-state index in [1.54, 1.807) is 0 Å². The van der Waals surface area contributed by atoms with Gasteiger partial charge in [-0.3, -0.25) is 13.8 Å². The van der Waals surface area contributed by atoms with Crippen molar-refractivity contribution in [3.05, 3.63) is 0 Å². The van der Waals surface area contributed by atoms with Crippen molar-refractivity contribution < 1.29 is 38.3 Å². The third kappa shape index (κ3) is 12.0. The van der Waals surface area contributed by atoms with Gasteiger partial charge >= 0.3 is 13.8 Å². The van der Waals surface area contributed by atoms with Crippen LogP contribution in [0.15, 0.2) is 0 Å². The van der Waals surface area contributed by atoms with Crippen LogP contribution in [0.4, 0.5) is 0 Å². The summed E-state index contributed by atoms with van der Waals surface area (Å²) in [7, 11) is -4.54. The first-order valence-corrected chi connectivity index (χ1v) is 10.6. The molecule has 0 saturated heterocycles. The Morgan fingerprint density at radius 1 is 1.12 bits per heavy atom. The van der Waals surface area contributed by atoms with Crippen molar-refractivity contribution in [3.8, 4) is 0 Å². The maximum atomic E-state index is 12.1. The Kier molecular flexibility index (Phi) is 14.2. The minimum Gasteiger partial charge on any atom is -0.480 e. The summed E-state index contributed by atoms with van der Waals surface area (Å²) in [5, 5.41) is 18.3. The predicted molar refractivity (Wildman–Crippen MR) is 96.8 cm³/mol. The summed E-state index contributed by atoms with van der Waals surface area (Å²) >= 11 is 0. The Hall–Kier alpha value is -0.540. The van der Waals surface area contributed by atoms with Gasteiger partial charge in [-0.25, -0.2) is 4.57 Å². The van der Waals surface area contributed by atoms with E-state index in [4.69, 9.17) is 20.1 Å². The lowest BCUT2D eigenvalue weighted by molar-refractivity contribution is -0.139. The first-order chi connectivity index (χ1) is 12.3. The molecule has 0 rings (SSSR count). The average Bonchev–Trinajstić information content (AvgIpc) is 2.59. The molecule has 0 aromatic carbocycles. The zero-order valence-electron chi connectivity index (χ0n) is 15.7. The minimum atomic E-state index is -4.54. The Balaban J connectivity index is 4.79. The number of nitrogens with two attached hydrogens (primary N) is 1. The number of carboxylic acids is 1. The van der Waals surface area contributed by atoms with E-state index in [0.717, 1.165) is 38.5 Å². The molecule has 0 fully saturated rings. The van der Waals surface area contributed by atoms with Gasteiger partial charge < -0.3 is 25.6 Å². The molecule has 9 nitrogen and oxygen atoms in total. The van der Waals surface area contributed by atoms with Gasteiger partial charge in [-0.15, -0.1) is 0 Å². The van der Waals surface area contributed by atoms with Crippen LogP contribution in [0.25, 0.3) is 0 Å². The molecule has 0 aliphatic carbocycles. The lowest BCUT2D eigenvalue weighted by Crippen LogP contribution is -2.36. The van der Waals surface area contributed by atoms with E-state index < -0.39 is 38.6 Å². The first kappa shape index (κ1) is 25.5. The molecule has 0 radical (unpaired) electrons. The molecule has 0 aliphatic heterocycles. The molecule has 0 bridgehead atoms. The normalized spacial score (nSPS) is 17.4. The van der Waals surface area contributed by atoms with E-state index >= 15 is 0 Å². The fourth-order valence-corrected chi connectivity index (χ4v) is 3.21. The number of carboxylic acid groups (broad SMARTS) is 1. The van der Waals surface area contributed by atoms with Crippen LogP contribution in [-0.2, 0) is 23.1 Å². The second kappa shape index (κ2) is 14.5. The summed E-state index contributed by atoms with van der Waals surface area (Å²) < 4.78 is 27.6. The highest BCUT2D eigenvalue weighted by Gasteiger charge is 2.33. The van der Waals surface area contributed by atoms with Crippen LogP contribution in [-0.4, -0.2) is 59.1 Å². The Bertz CT molecular complexity index is 423. The number of hydrogen-bond donors (Lipinski definition) is 4. The Labute approximate surface area is 155 Å². The van der Waals surface area contributed by atoms with Crippen molar-refractivity contribution in [3.63, 3.8) is 0 Å². The molecule has 0 aliphatic rings. The lowest BCUT2D eigenvalue weighted by Gasteiger charge is -2.27. The van der Waals surface area contributed by atoms with Gasteiger partial charge in [0.15, 0.2) is 0 Å². The smallest absolute Gasteiger partial charge is 0.472 e. The summed E-state index contributed by atoms with van der Waals surface area (Å²) in [6.45, 7) is 3.46. The molecule has 0 heterocycles. The molecule has 4 atom stereocenters. The second-order valence-electron chi connectivity index (χ2n) is 6.15. The van der Waals surface area contributed by atoms with E-state index in [1.807, 2.05) is 6.92 Å². The number of aliphatic hydroxyl groups excluding tert-OH is 1. The number of phosphoric ester groups is 1. The van der Waals surface area contributed by atoms with Crippen molar-refractivity contribution in [2.24, 2.45) is 5.73 Å². The summed E-state index contributed by atoms with van der Waals surface area (Å²) in [5.41, 5.74) is 5.26. The molecule has 0 aromatic rings. The van der Waals surface area contributed by atoms with Crippen molar-refractivity contribution in [1.29, 1.82) is 0 Å². The van der Waals surface area contributed by atoms with Crippen molar-refractivity contribution in [2.45, 2.75) is 77.0 Å². The monoisotopic (exact) mass is 399 g/mol. The van der Waals surface area contributed by atoms with Crippen LogP contribution in [0.3, 0.4) is 0 Å². The van der Waals surface area contributed by atoms with Crippen LogP contribution < -0.4 is 5.73 Å². The standard InChI is InChI=1S/C16H34NO8P/c1-3-5-7-9-14(15(11-18)23-10-8-6-4-2)25-26(21,22)24-12-13(17)16(19)20/h13-15,18H,3-12,17H2,1-2H3,(H,19,20)(H,21,22)/t13-,14?,15-/m0/s1. The fraction of sp³-hybridized carbons (Fsp3) is 0.938. The van der Waals surface area contributed by atoms with Crippen LogP contribution in [0.5, 0.6) is 0 Å².